The van der Waals surface area contributed by atoms with E-state index in [0.717, 1.165) is 4.90 Å². The highest BCUT2D eigenvalue weighted by molar-refractivity contribution is 5.84. The maximum Gasteiger partial charge on any atom is 0.323 e. The normalized spacial score (nSPS) is 9.89. The van der Waals surface area contributed by atoms with E-state index in [2.05, 4.69) is 0 Å². The molecule has 0 aromatic heterocycles. The molecule has 4 N–H and O–H groups in total. The highest BCUT2D eigenvalue weighted by Gasteiger charge is 2.24. The zero-order chi connectivity index (χ0) is 14.1. The minimum atomic E-state index is -1.35. The van der Waals surface area contributed by atoms with E-state index in [9.17, 15) is 14.4 Å². The number of rotatable bonds is 8. The van der Waals surface area contributed by atoms with Crippen LogP contribution in [0, 0.1) is 0 Å². The van der Waals surface area contributed by atoms with Crippen LogP contribution >= 0.6 is 0 Å². The number of carbonyl (C=O) groups is 3. The summed E-state index contributed by atoms with van der Waals surface area (Å²) < 4.78 is 0. The van der Waals surface area contributed by atoms with Gasteiger partial charge >= 0.3 is 18.0 Å². The van der Waals surface area contributed by atoms with Crippen LogP contribution in [0.25, 0.3) is 0 Å². The fourth-order valence-electron chi connectivity index (χ4n) is 1.26. The molecule has 0 saturated carbocycles. The third kappa shape index (κ3) is 6.01. The summed E-state index contributed by atoms with van der Waals surface area (Å²) in [7, 11) is 0. The van der Waals surface area contributed by atoms with E-state index < -0.39 is 31.1 Å². The minimum absolute atomic E-state index is 0.116. The van der Waals surface area contributed by atoms with Crippen molar-refractivity contribution < 1.29 is 34.8 Å². The SMILES string of the molecule is O=C(O)CN(CC(=O)O)C(=O)N(CCO)CCO. The van der Waals surface area contributed by atoms with Crippen LogP contribution in [0.15, 0.2) is 0 Å². The van der Waals surface area contributed by atoms with Gasteiger partial charge < -0.3 is 30.2 Å². The van der Waals surface area contributed by atoms with Crippen LogP contribution in [0.5, 0.6) is 0 Å². The first-order valence-corrected chi connectivity index (χ1v) is 5.11. The third-order valence-electron chi connectivity index (χ3n) is 1.93. The predicted molar refractivity (Wildman–Crippen MR) is 58.0 cm³/mol. The molecule has 9 nitrogen and oxygen atoms in total. The first kappa shape index (κ1) is 16.1. The number of nitrogens with zero attached hydrogens (tertiary/aromatic N) is 2. The second kappa shape index (κ2) is 8.25. The van der Waals surface area contributed by atoms with Gasteiger partial charge in [-0.25, -0.2) is 4.79 Å². The van der Waals surface area contributed by atoms with Crippen LogP contribution in [-0.4, -0.2) is 87.6 Å². The zero-order valence-corrected chi connectivity index (χ0v) is 9.65. The summed E-state index contributed by atoms with van der Waals surface area (Å²) >= 11 is 0. The fraction of sp³-hybridized carbons (Fsp3) is 0.667. The van der Waals surface area contributed by atoms with Gasteiger partial charge in [0.1, 0.15) is 13.1 Å². The summed E-state index contributed by atoms with van der Waals surface area (Å²) in [6, 6.07) is -0.858. The van der Waals surface area contributed by atoms with E-state index >= 15 is 0 Å². The van der Waals surface area contributed by atoms with Crippen LogP contribution in [0.4, 0.5) is 4.79 Å². The van der Waals surface area contributed by atoms with Gasteiger partial charge in [0, 0.05) is 13.1 Å². The molecular formula is C9H16N2O7. The molecule has 0 atom stereocenters. The second-order valence-electron chi connectivity index (χ2n) is 3.36. The number of urea groups is 1. The van der Waals surface area contributed by atoms with Crippen LogP contribution in [-0.2, 0) is 9.59 Å². The van der Waals surface area contributed by atoms with E-state index in [-0.39, 0.29) is 26.3 Å². The van der Waals surface area contributed by atoms with Gasteiger partial charge in [0.2, 0.25) is 0 Å². The average Bonchev–Trinajstić information content (AvgIpc) is 2.25. The highest BCUT2D eigenvalue weighted by Crippen LogP contribution is 1.99. The zero-order valence-electron chi connectivity index (χ0n) is 9.65. The summed E-state index contributed by atoms with van der Waals surface area (Å²) in [4.78, 5) is 34.4. The molecule has 0 fully saturated rings. The second-order valence-corrected chi connectivity index (χ2v) is 3.36. The third-order valence-corrected chi connectivity index (χ3v) is 1.93. The van der Waals surface area contributed by atoms with Gasteiger partial charge in [-0.3, -0.25) is 9.59 Å². The van der Waals surface area contributed by atoms with E-state index in [4.69, 9.17) is 20.4 Å². The Kier molecular flexibility index (Phi) is 7.40. The van der Waals surface area contributed by atoms with Crippen LogP contribution in [0.2, 0.25) is 0 Å². The molecule has 0 rings (SSSR count). The molecule has 0 bridgehead atoms. The molecule has 0 saturated heterocycles. The number of amides is 2. The lowest BCUT2D eigenvalue weighted by atomic mass is 10.4. The molecular weight excluding hydrogens is 248 g/mol. The van der Waals surface area contributed by atoms with E-state index in [1.165, 1.54) is 0 Å². The van der Waals surface area contributed by atoms with Crippen molar-refractivity contribution >= 4 is 18.0 Å². The molecule has 0 aromatic carbocycles. The molecule has 0 spiro atoms. The first-order valence-electron chi connectivity index (χ1n) is 5.11. The van der Waals surface area contributed by atoms with Gasteiger partial charge in [0.05, 0.1) is 13.2 Å². The summed E-state index contributed by atoms with van der Waals surface area (Å²) in [6.45, 7) is -2.51. The number of carbonyl (C=O) groups excluding carboxylic acids is 1. The molecule has 104 valence electrons. The number of aliphatic carboxylic acids is 2. The lowest BCUT2D eigenvalue weighted by Crippen LogP contribution is -2.49. The Morgan fingerprint density at radius 2 is 1.17 bits per heavy atom. The molecule has 0 aliphatic heterocycles. The highest BCUT2D eigenvalue weighted by atomic mass is 16.4. The number of hydrogen-bond acceptors (Lipinski definition) is 5. The molecule has 0 heterocycles. The van der Waals surface area contributed by atoms with Crippen LogP contribution in [0.1, 0.15) is 0 Å². The maximum atomic E-state index is 11.8. The number of hydrogen-bond donors (Lipinski definition) is 4. The van der Waals surface area contributed by atoms with E-state index in [1.807, 2.05) is 0 Å². The van der Waals surface area contributed by atoms with Crippen LogP contribution in [0.3, 0.4) is 0 Å². The Morgan fingerprint density at radius 3 is 1.44 bits per heavy atom. The van der Waals surface area contributed by atoms with Crippen LogP contribution < -0.4 is 0 Å². The lowest BCUT2D eigenvalue weighted by Gasteiger charge is -2.27. The smallest absolute Gasteiger partial charge is 0.323 e. The van der Waals surface area contributed by atoms with Gasteiger partial charge in [0.15, 0.2) is 0 Å². The Morgan fingerprint density at radius 1 is 0.778 bits per heavy atom. The first-order chi connectivity index (χ1) is 8.42. The molecule has 0 aromatic rings. The quantitative estimate of drug-likeness (QED) is 0.392. The van der Waals surface area contributed by atoms with Crippen molar-refractivity contribution in [1.82, 2.24) is 9.80 Å². The fourth-order valence-corrected chi connectivity index (χ4v) is 1.26. The van der Waals surface area contributed by atoms with Gasteiger partial charge in [-0.05, 0) is 0 Å². The van der Waals surface area contributed by atoms with Gasteiger partial charge in [-0.1, -0.05) is 0 Å². The summed E-state index contributed by atoms with van der Waals surface area (Å²) in [5.74, 6) is -2.70. The number of carboxylic acid groups (broad SMARTS) is 2. The molecule has 9 heteroatoms. The average molecular weight is 264 g/mol. The Bertz CT molecular complexity index is 285. The standard InChI is InChI=1S/C9H16N2O7/c12-3-1-10(2-4-13)9(18)11(5-7(14)15)6-8(16)17/h12-13H,1-6H2,(H,14,15)(H,16,17). The Balaban J connectivity index is 4.76. The van der Waals surface area contributed by atoms with Gasteiger partial charge in [-0.2, -0.15) is 0 Å². The molecule has 0 aliphatic carbocycles. The van der Waals surface area contributed by atoms with Crippen molar-refractivity contribution in [3.8, 4) is 0 Å². The Hall–Kier alpha value is -1.87. The van der Waals surface area contributed by atoms with E-state index in [1.54, 1.807) is 0 Å². The van der Waals surface area contributed by atoms with Crippen molar-refractivity contribution in [2.24, 2.45) is 0 Å². The van der Waals surface area contributed by atoms with E-state index in [0.29, 0.717) is 4.90 Å². The number of aliphatic hydroxyl groups excluding tert-OH is 2. The number of aliphatic hydroxyl groups is 2. The van der Waals surface area contributed by atoms with Crippen molar-refractivity contribution in [3.63, 3.8) is 0 Å². The summed E-state index contributed by atoms with van der Waals surface area (Å²) in [5, 5.41) is 34.6. The van der Waals surface area contributed by atoms with Crippen molar-refractivity contribution in [2.45, 2.75) is 0 Å². The molecule has 18 heavy (non-hydrogen) atoms. The van der Waals surface area contributed by atoms with Crippen molar-refractivity contribution in [3.05, 3.63) is 0 Å². The minimum Gasteiger partial charge on any atom is -0.480 e. The largest absolute Gasteiger partial charge is 0.480 e. The lowest BCUT2D eigenvalue weighted by molar-refractivity contribution is -0.140. The predicted octanol–water partition coefficient (Wildman–Crippen LogP) is -2.14. The monoisotopic (exact) mass is 264 g/mol. The topological polar surface area (TPSA) is 139 Å². The molecule has 0 unspecified atom stereocenters. The van der Waals surface area contributed by atoms with Crippen molar-refractivity contribution in [1.29, 1.82) is 0 Å². The van der Waals surface area contributed by atoms with Gasteiger partial charge in [-0.15, -0.1) is 0 Å². The van der Waals surface area contributed by atoms with Crippen molar-refractivity contribution in [2.75, 3.05) is 39.4 Å². The summed E-state index contributed by atoms with van der Waals surface area (Å²) in [5.41, 5.74) is 0. The maximum absolute atomic E-state index is 11.8. The molecule has 2 amide bonds. The molecule has 0 radical (unpaired) electrons. The number of carboxylic acids is 2. The molecule has 0 aliphatic rings. The van der Waals surface area contributed by atoms with Gasteiger partial charge in [0.25, 0.3) is 0 Å². The Labute approximate surface area is 103 Å². The summed E-state index contributed by atoms with van der Waals surface area (Å²) in [6.07, 6.45) is 0.